The van der Waals surface area contributed by atoms with Gasteiger partial charge >= 0.3 is 11.9 Å². The Labute approximate surface area is 177 Å². The summed E-state index contributed by atoms with van der Waals surface area (Å²) in [4.78, 5) is 61.8. The van der Waals surface area contributed by atoms with Crippen LogP contribution >= 0.6 is 0 Å². The average Bonchev–Trinajstić information content (AvgIpc) is 2.65. The molecule has 0 aromatic carbocycles. The summed E-state index contributed by atoms with van der Waals surface area (Å²) >= 11 is 0. The lowest BCUT2D eigenvalue weighted by Crippen LogP contribution is -2.56. The SMILES string of the molecule is C[C@H](O)[C@@H](NC(=O)[C@H](CC(=O)O)NC(=O)CNC(=O)[C@@H](N)CCCN=C(N)N)C(=O)O. The van der Waals surface area contributed by atoms with Crippen LogP contribution in [0.3, 0.4) is 0 Å². The minimum atomic E-state index is -1.71. The average molecular weight is 447 g/mol. The maximum atomic E-state index is 12.2. The van der Waals surface area contributed by atoms with E-state index in [0.29, 0.717) is 6.42 Å². The fraction of sp³-hybridized carbons (Fsp3) is 0.625. The lowest BCUT2D eigenvalue weighted by molar-refractivity contribution is -0.145. The van der Waals surface area contributed by atoms with E-state index >= 15 is 0 Å². The van der Waals surface area contributed by atoms with Gasteiger partial charge in [-0.2, -0.15) is 0 Å². The Morgan fingerprint density at radius 1 is 1.03 bits per heavy atom. The van der Waals surface area contributed by atoms with Crippen molar-refractivity contribution in [2.24, 2.45) is 22.2 Å². The highest BCUT2D eigenvalue weighted by atomic mass is 16.4. The van der Waals surface area contributed by atoms with E-state index in [-0.39, 0.29) is 18.9 Å². The van der Waals surface area contributed by atoms with Gasteiger partial charge in [0.2, 0.25) is 17.7 Å². The quantitative estimate of drug-likeness (QED) is 0.0693. The van der Waals surface area contributed by atoms with Gasteiger partial charge in [-0.3, -0.25) is 24.2 Å². The van der Waals surface area contributed by atoms with E-state index in [2.05, 4.69) is 15.6 Å². The van der Waals surface area contributed by atoms with E-state index in [1.54, 1.807) is 0 Å². The molecule has 0 saturated heterocycles. The Bertz CT molecular complexity index is 693. The topological polar surface area (TPSA) is 273 Å². The number of amides is 3. The summed E-state index contributed by atoms with van der Waals surface area (Å²) in [7, 11) is 0. The Balaban J connectivity index is 4.75. The van der Waals surface area contributed by atoms with Crippen LogP contribution in [0.15, 0.2) is 4.99 Å². The molecule has 176 valence electrons. The lowest BCUT2D eigenvalue weighted by atomic mass is 10.1. The highest BCUT2D eigenvalue weighted by molar-refractivity contribution is 5.94. The number of nitrogens with two attached hydrogens (primary N) is 3. The summed E-state index contributed by atoms with van der Waals surface area (Å²) in [6.07, 6.45) is -1.70. The number of aliphatic imine (C=N–C) groups is 1. The van der Waals surface area contributed by atoms with Crippen LogP contribution < -0.4 is 33.2 Å². The first-order valence-corrected chi connectivity index (χ1v) is 9.16. The molecule has 15 nitrogen and oxygen atoms in total. The van der Waals surface area contributed by atoms with Gasteiger partial charge in [-0.25, -0.2) is 4.79 Å². The second-order valence-electron chi connectivity index (χ2n) is 6.56. The highest BCUT2D eigenvalue weighted by Gasteiger charge is 2.30. The maximum Gasteiger partial charge on any atom is 0.328 e. The van der Waals surface area contributed by atoms with Gasteiger partial charge in [0.1, 0.15) is 6.04 Å². The predicted octanol–water partition coefficient (Wildman–Crippen LogP) is -4.61. The molecule has 0 unspecified atom stereocenters. The number of aliphatic hydroxyl groups excluding tert-OH is 1. The van der Waals surface area contributed by atoms with E-state index in [1.807, 2.05) is 5.32 Å². The zero-order chi connectivity index (χ0) is 24.1. The largest absolute Gasteiger partial charge is 0.481 e. The van der Waals surface area contributed by atoms with Gasteiger partial charge in [0.25, 0.3) is 0 Å². The summed E-state index contributed by atoms with van der Waals surface area (Å²) in [5, 5.41) is 33.6. The molecule has 0 aliphatic heterocycles. The van der Waals surface area contributed by atoms with Crippen molar-refractivity contribution in [1.29, 1.82) is 0 Å². The molecule has 15 heteroatoms. The number of guanidine groups is 1. The fourth-order valence-corrected chi connectivity index (χ4v) is 2.22. The molecule has 0 radical (unpaired) electrons. The van der Waals surface area contributed by atoms with Crippen LogP contribution in [0.5, 0.6) is 0 Å². The Morgan fingerprint density at radius 2 is 1.65 bits per heavy atom. The third kappa shape index (κ3) is 12.0. The zero-order valence-corrected chi connectivity index (χ0v) is 16.9. The van der Waals surface area contributed by atoms with Gasteiger partial charge in [-0.05, 0) is 19.8 Å². The molecule has 0 saturated carbocycles. The number of hydrogen-bond acceptors (Lipinski definition) is 8. The summed E-state index contributed by atoms with van der Waals surface area (Å²) in [5.41, 5.74) is 16.0. The van der Waals surface area contributed by atoms with Crippen LogP contribution in [0.4, 0.5) is 0 Å². The molecule has 12 N–H and O–H groups in total. The van der Waals surface area contributed by atoms with Gasteiger partial charge in [-0.15, -0.1) is 0 Å². The molecule has 0 bridgehead atoms. The number of nitrogens with zero attached hydrogens (tertiary/aromatic N) is 1. The van der Waals surface area contributed by atoms with E-state index < -0.39 is 66.9 Å². The third-order valence-electron chi connectivity index (χ3n) is 3.80. The van der Waals surface area contributed by atoms with Gasteiger partial charge < -0.3 is 48.5 Å². The van der Waals surface area contributed by atoms with Crippen LogP contribution in [0.25, 0.3) is 0 Å². The highest BCUT2D eigenvalue weighted by Crippen LogP contribution is 1.99. The van der Waals surface area contributed by atoms with Gasteiger partial charge in [-0.1, -0.05) is 0 Å². The maximum absolute atomic E-state index is 12.2. The molecule has 0 rings (SSSR count). The molecular weight excluding hydrogens is 418 g/mol. The number of carbonyl (C=O) groups is 5. The number of aliphatic carboxylic acids is 2. The molecule has 0 spiro atoms. The van der Waals surface area contributed by atoms with Crippen molar-refractivity contribution in [3.05, 3.63) is 0 Å². The Morgan fingerprint density at radius 3 is 2.13 bits per heavy atom. The molecule has 0 aromatic rings. The number of nitrogens with one attached hydrogen (secondary N) is 3. The standard InChI is InChI=1S/C16H29N7O8/c1-7(24)12(15(30)31)23-14(29)9(5-11(26)27)22-10(25)6-21-13(28)8(17)3-2-4-20-16(18)19/h7-9,12,24H,2-6,17H2,1H3,(H,21,28)(H,22,25)(H,23,29)(H,26,27)(H,30,31)(H4,18,19,20)/t7-,8-,9-,12+/m0/s1. The minimum Gasteiger partial charge on any atom is -0.481 e. The van der Waals surface area contributed by atoms with Crippen molar-refractivity contribution >= 4 is 35.6 Å². The number of aliphatic hydroxyl groups is 1. The van der Waals surface area contributed by atoms with E-state index in [1.165, 1.54) is 0 Å². The number of carbonyl (C=O) groups excluding carboxylic acids is 3. The molecule has 0 heterocycles. The molecule has 0 aliphatic rings. The molecule has 31 heavy (non-hydrogen) atoms. The fourth-order valence-electron chi connectivity index (χ4n) is 2.22. The third-order valence-corrected chi connectivity index (χ3v) is 3.80. The van der Waals surface area contributed by atoms with Crippen LogP contribution in [0.2, 0.25) is 0 Å². The van der Waals surface area contributed by atoms with Crippen molar-refractivity contribution in [2.75, 3.05) is 13.1 Å². The molecule has 0 aliphatic carbocycles. The number of hydrogen-bond donors (Lipinski definition) is 9. The van der Waals surface area contributed by atoms with Gasteiger partial charge in [0.05, 0.1) is 25.1 Å². The van der Waals surface area contributed by atoms with Crippen molar-refractivity contribution in [3.8, 4) is 0 Å². The second-order valence-corrected chi connectivity index (χ2v) is 6.56. The van der Waals surface area contributed by atoms with Crippen LogP contribution in [0.1, 0.15) is 26.2 Å². The predicted molar refractivity (Wildman–Crippen MR) is 106 cm³/mol. The summed E-state index contributed by atoms with van der Waals surface area (Å²) in [6, 6.07) is -4.31. The second kappa shape index (κ2) is 13.7. The van der Waals surface area contributed by atoms with Crippen molar-refractivity contribution in [1.82, 2.24) is 16.0 Å². The Hall–Kier alpha value is -3.46. The van der Waals surface area contributed by atoms with Crippen molar-refractivity contribution in [2.45, 2.75) is 50.4 Å². The Kier molecular flexibility index (Phi) is 12.2. The zero-order valence-electron chi connectivity index (χ0n) is 16.9. The molecule has 0 aromatic heterocycles. The number of rotatable bonds is 14. The monoisotopic (exact) mass is 447 g/mol. The normalized spacial score (nSPS) is 14.3. The number of carboxylic acids is 2. The molecule has 3 amide bonds. The van der Waals surface area contributed by atoms with E-state index in [9.17, 15) is 29.1 Å². The first-order valence-electron chi connectivity index (χ1n) is 9.16. The molecule has 4 atom stereocenters. The van der Waals surface area contributed by atoms with E-state index in [0.717, 1.165) is 6.92 Å². The van der Waals surface area contributed by atoms with Crippen LogP contribution in [-0.4, -0.2) is 88.3 Å². The first-order chi connectivity index (χ1) is 14.3. The summed E-state index contributed by atoms with van der Waals surface area (Å²) in [5.74, 6) is -5.81. The molecule has 0 fully saturated rings. The smallest absolute Gasteiger partial charge is 0.328 e. The minimum absolute atomic E-state index is 0.0993. The lowest BCUT2D eigenvalue weighted by Gasteiger charge is -2.22. The first kappa shape index (κ1) is 27.5. The summed E-state index contributed by atoms with van der Waals surface area (Å²) < 4.78 is 0. The van der Waals surface area contributed by atoms with Crippen molar-refractivity contribution < 1.29 is 39.3 Å². The van der Waals surface area contributed by atoms with Crippen LogP contribution in [-0.2, 0) is 24.0 Å². The summed E-state index contributed by atoms with van der Waals surface area (Å²) in [6.45, 7) is 0.766. The molecular formula is C16H29N7O8. The number of carboxylic acid groups (broad SMARTS) is 2. The van der Waals surface area contributed by atoms with Crippen molar-refractivity contribution in [3.63, 3.8) is 0 Å². The van der Waals surface area contributed by atoms with Gasteiger partial charge in [0, 0.05) is 6.54 Å². The van der Waals surface area contributed by atoms with Crippen LogP contribution in [0, 0.1) is 0 Å². The van der Waals surface area contributed by atoms with E-state index in [4.69, 9.17) is 27.4 Å². The van der Waals surface area contributed by atoms with Gasteiger partial charge in [0.15, 0.2) is 12.0 Å².